The van der Waals surface area contributed by atoms with Crippen LogP contribution in [0.4, 0.5) is 20.3 Å². The Bertz CT molecular complexity index is 1070. The summed E-state index contributed by atoms with van der Waals surface area (Å²) in [7, 11) is 0. The third kappa shape index (κ3) is 3.92. The second kappa shape index (κ2) is 8.19. The summed E-state index contributed by atoms with van der Waals surface area (Å²) in [5.74, 6) is -0.649. The van der Waals surface area contributed by atoms with Crippen molar-refractivity contribution in [2.75, 3.05) is 17.6 Å². The van der Waals surface area contributed by atoms with E-state index >= 15 is 0 Å². The molecule has 0 atom stereocenters. The van der Waals surface area contributed by atoms with Gasteiger partial charge in [-0.25, -0.2) is 13.5 Å². The maximum atomic E-state index is 13.2. The Kier molecular flexibility index (Phi) is 5.52. The molecule has 1 heterocycles. The minimum absolute atomic E-state index is 0.197. The zero-order chi connectivity index (χ0) is 20.1. The van der Waals surface area contributed by atoms with Gasteiger partial charge in [-0.1, -0.05) is 0 Å². The normalized spacial score (nSPS) is 10.3. The quantitative estimate of drug-likeness (QED) is 0.639. The molecule has 0 bridgehead atoms. The predicted octanol–water partition coefficient (Wildman–Crippen LogP) is 3.52. The van der Waals surface area contributed by atoms with Crippen LogP contribution in [0.1, 0.15) is 23.2 Å². The first kappa shape index (κ1) is 18.9. The van der Waals surface area contributed by atoms with Crippen LogP contribution in [0, 0.1) is 34.3 Å². The molecule has 3 aromatic rings. The van der Waals surface area contributed by atoms with E-state index in [1.807, 2.05) is 6.07 Å². The molecule has 28 heavy (non-hydrogen) atoms. The topological polar surface area (TPSA) is 103 Å². The molecule has 8 heteroatoms. The molecule has 0 aliphatic heterocycles. The summed E-state index contributed by atoms with van der Waals surface area (Å²) in [5.41, 5.74) is 8.17. The average Bonchev–Trinajstić information content (AvgIpc) is 3.02. The van der Waals surface area contributed by atoms with E-state index in [0.29, 0.717) is 36.5 Å². The molecule has 0 unspecified atom stereocenters. The molecule has 1 aromatic heterocycles. The van der Waals surface area contributed by atoms with Crippen molar-refractivity contribution in [1.29, 1.82) is 10.5 Å². The molecule has 140 valence electrons. The molecule has 6 nitrogen and oxygen atoms in total. The van der Waals surface area contributed by atoms with E-state index in [9.17, 15) is 14.0 Å². The first-order valence-electron chi connectivity index (χ1n) is 8.50. The molecule has 0 aliphatic rings. The van der Waals surface area contributed by atoms with Crippen LogP contribution in [-0.4, -0.2) is 16.3 Å². The van der Waals surface area contributed by atoms with Crippen molar-refractivity contribution in [2.24, 2.45) is 0 Å². The lowest BCUT2D eigenvalue weighted by Gasteiger charge is -2.07. The molecule has 0 saturated carbocycles. The van der Waals surface area contributed by atoms with Crippen LogP contribution in [0.25, 0.3) is 5.69 Å². The molecule has 0 amide bonds. The van der Waals surface area contributed by atoms with Crippen LogP contribution in [0.5, 0.6) is 0 Å². The number of aromatic nitrogens is 2. The van der Waals surface area contributed by atoms with Gasteiger partial charge >= 0.3 is 0 Å². The number of nitrogens with one attached hydrogen (secondary N) is 1. The Morgan fingerprint density at radius 3 is 2.43 bits per heavy atom. The van der Waals surface area contributed by atoms with Crippen molar-refractivity contribution in [3.05, 3.63) is 70.9 Å². The minimum atomic E-state index is -0.470. The zero-order valence-corrected chi connectivity index (χ0v) is 14.8. The van der Waals surface area contributed by atoms with Gasteiger partial charge in [0.1, 0.15) is 35.2 Å². The van der Waals surface area contributed by atoms with Gasteiger partial charge in [0.05, 0.1) is 22.6 Å². The molecular formula is C20H16F2N6. The van der Waals surface area contributed by atoms with Crippen molar-refractivity contribution in [3.63, 3.8) is 0 Å². The number of nitrogens with two attached hydrogens (primary N) is 1. The van der Waals surface area contributed by atoms with E-state index in [2.05, 4.69) is 16.5 Å². The van der Waals surface area contributed by atoms with Crippen molar-refractivity contribution < 1.29 is 8.78 Å². The van der Waals surface area contributed by atoms with Crippen molar-refractivity contribution in [3.8, 4) is 17.8 Å². The molecule has 3 N–H and O–H groups in total. The van der Waals surface area contributed by atoms with E-state index in [-0.39, 0.29) is 22.8 Å². The molecule has 0 saturated heterocycles. The number of nitriles is 2. The van der Waals surface area contributed by atoms with Crippen molar-refractivity contribution in [1.82, 2.24) is 9.78 Å². The van der Waals surface area contributed by atoms with Crippen molar-refractivity contribution >= 4 is 11.5 Å². The molecule has 0 fully saturated rings. The number of nitrogen functional groups attached to an aromatic ring is 1. The number of nitrogens with zero attached hydrogens (tertiary/aromatic N) is 4. The van der Waals surface area contributed by atoms with Crippen LogP contribution in [0.2, 0.25) is 0 Å². The molecular weight excluding hydrogens is 362 g/mol. The largest absolute Gasteiger partial charge is 0.384 e. The fourth-order valence-corrected chi connectivity index (χ4v) is 2.80. The predicted molar refractivity (Wildman–Crippen MR) is 101 cm³/mol. The first-order valence-corrected chi connectivity index (χ1v) is 8.50. The number of halogens is 2. The molecule has 0 aliphatic carbocycles. The van der Waals surface area contributed by atoms with Gasteiger partial charge < -0.3 is 11.1 Å². The maximum Gasteiger partial charge on any atom is 0.145 e. The van der Waals surface area contributed by atoms with Crippen LogP contribution in [0.15, 0.2) is 42.5 Å². The summed E-state index contributed by atoms with van der Waals surface area (Å²) < 4.78 is 27.7. The number of aryl methyl sites for hydroxylation is 1. The second-order valence-electron chi connectivity index (χ2n) is 6.04. The van der Waals surface area contributed by atoms with Gasteiger partial charge in [-0.05, 0) is 55.3 Å². The summed E-state index contributed by atoms with van der Waals surface area (Å²) >= 11 is 0. The van der Waals surface area contributed by atoms with E-state index in [4.69, 9.17) is 11.0 Å². The maximum absolute atomic E-state index is 13.2. The highest BCUT2D eigenvalue weighted by Crippen LogP contribution is 2.22. The smallest absolute Gasteiger partial charge is 0.145 e. The third-order valence-corrected chi connectivity index (χ3v) is 4.18. The van der Waals surface area contributed by atoms with Crippen LogP contribution in [-0.2, 0) is 6.42 Å². The molecule has 2 aromatic carbocycles. The van der Waals surface area contributed by atoms with Gasteiger partial charge in [-0.15, -0.1) is 0 Å². The Labute approximate surface area is 160 Å². The van der Waals surface area contributed by atoms with Gasteiger partial charge in [-0.2, -0.15) is 15.6 Å². The number of hydrogen-bond donors (Lipinski definition) is 2. The first-order chi connectivity index (χ1) is 13.5. The Hall–Kier alpha value is -3.91. The van der Waals surface area contributed by atoms with Crippen LogP contribution < -0.4 is 11.1 Å². The van der Waals surface area contributed by atoms with Gasteiger partial charge in [0.2, 0.25) is 0 Å². The van der Waals surface area contributed by atoms with Gasteiger partial charge in [0, 0.05) is 6.54 Å². The van der Waals surface area contributed by atoms with Gasteiger partial charge in [-0.3, -0.25) is 0 Å². The number of rotatable bonds is 6. The number of hydrogen-bond acceptors (Lipinski definition) is 5. The summed E-state index contributed by atoms with van der Waals surface area (Å²) in [5, 5.41) is 25.9. The third-order valence-electron chi connectivity index (χ3n) is 4.18. The summed E-state index contributed by atoms with van der Waals surface area (Å²) in [6, 6.07) is 13.6. The highest BCUT2D eigenvalue weighted by atomic mass is 19.1. The van der Waals surface area contributed by atoms with E-state index < -0.39 is 5.82 Å². The monoisotopic (exact) mass is 378 g/mol. The summed E-state index contributed by atoms with van der Waals surface area (Å²) in [6.45, 7) is 0.495. The van der Waals surface area contributed by atoms with Gasteiger partial charge in [0.15, 0.2) is 0 Å². The minimum Gasteiger partial charge on any atom is -0.384 e. The van der Waals surface area contributed by atoms with Gasteiger partial charge in [0.25, 0.3) is 0 Å². The zero-order valence-electron chi connectivity index (χ0n) is 14.8. The number of anilines is 2. The lowest BCUT2D eigenvalue weighted by atomic mass is 10.1. The Balaban J connectivity index is 1.70. The summed E-state index contributed by atoms with van der Waals surface area (Å²) in [6.07, 6.45) is 1.08. The highest BCUT2D eigenvalue weighted by molar-refractivity contribution is 5.58. The van der Waals surface area contributed by atoms with Crippen LogP contribution in [0.3, 0.4) is 0 Å². The van der Waals surface area contributed by atoms with E-state index in [1.54, 1.807) is 0 Å². The van der Waals surface area contributed by atoms with Crippen molar-refractivity contribution in [2.45, 2.75) is 12.8 Å². The second-order valence-corrected chi connectivity index (χ2v) is 6.04. The molecule has 0 spiro atoms. The van der Waals surface area contributed by atoms with E-state index in [0.717, 1.165) is 0 Å². The molecule has 3 rings (SSSR count). The SMILES string of the molecule is N#Cc1cc(F)ccc1NCCCc1nn(-c2ccc(F)cc2)c(N)c1C#N. The Morgan fingerprint density at radius 1 is 1.04 bits per heavy atom. The lowest BCUT2D eigenvalue weighted by Crippen LogP contribution is -2.06. The Morgan fingerprint density at radius 2 is 1.75 bits per heavy atom. The lowest BCUT2D eigenvalue weighted by molar-refractivity contribution is 0.627. The fraction of sp³-hybridized carbons (Fsp3) is 0.150. The number of benzene rings is 2. The van der Waals surface area contributed by atoms with E-state index in [1.165, 1.54) is 47.1 Å². The highest BCUT2D eigenvalue weighted by Gasteiger charge is 2.16. The van der Waals surface area contributed by atoms with Crippen LogP contribution >= 0.6 is 0 Å². The average molecular weight is 378 g/mol. The standard InChI is InChI=1S/C20H16F2N6/c21-14-3-6-16(7-4-14)28-20(25)17(12-24)19(27-28)2-1-9-26-18-8-5-15(22)10-13(18)11-23/h3-8,10,26H,1-2,9,25H2. The fourth-order valence-electron chi connectivity index (χ4n) is 2.80. The summed E-state index contributed by atoms with van der Waals surface area (Å²) in [4.78, 5) is 0. The molecule has 0 radical (unpaired) electrons.